The molecule has 0 saturated carbocycles. The molecule has 0 bridgehead atoms. The second-order valence-corrected chi connectivity index (χ2v) is 8.47. The van der Waals surface area contributed by atoms with Gasteiger partial charge < -0.3 is 21.1 Å². The van der Waals surface area contributed by atoms with Crippen LogP contribution >= 0.6 is 12.4 Å². The monoisotopic (exact) mass is 479 g/mol. The van der Waals surface area contributed by atoms with E-state index in [-0.39, 0.29) is 18.3 Å². The molecule has 0 unspecified atom stereocenters. The second kappa shape index (κ2) is 11.6. The number of rotatable bonds is 7. The van der Waals surface area contributed by atoms with E-state index in [0.717, 1.165) is 48.4 Å². The molecule has 4 N–H and O–H groups in total. The Bertz CT molecular complexity index is 1120. The summed E-state index contributed by atoms with van der Waals surface area (Å²) >= 11 is 0. The Balaban J connectivity index is 0.00000324. The molecule has 1 amide bonds. The zero-order valence-electron chi connectivity index (χ0n) is 19.0. The van der Waals surface area contributed by atoms with Gasteiger partial charge in [0.05, 0.1) is 11.1 Å². The van der Waals surface area contributed by atoms with Crippen LogP contribution < -0.4 is 16.0 Å². The third-order valence-electron chi connectivity index (χ3n) is 6.12. The van der Waals surface area contributed by atoms with Gasteiger partial charge in [-0.05, 0) is 85.7 Å². The summed E-state index contributed by atoms with van der Waals surface area (Å²) in [5.41, 5.74) is 11.4. The van der Waals surface area contributed by atoms with Gasteiger partial charge in [-0.2, -0.15) is 0 Å². The lowest BCUT2D eigenvalue weighted by molar-refractivity contribution is 0.0696. The Morgan fingerprint density at radius 2 is 1.44 bits per heavy atom. The molecule has 0 aliphatic carbocycles. The number of nitrogens with zero attached hydrogens (tertiary/aromatic N) is 1. The summed E-state index contributed by atoms with van der Waals surface area (Å²) in [6, 6.07) is 20.4. The number of hydrogen-bond donors (Lipinski definition) is 3. The Morgan fingerprint density at radius 1 is 0.853 bits per heavy atom. The number of aryl methyl sites for hydroxylation is 2. The zero-order chi connectivity index (χ0) is 23.2. The fourth-order valence-corrected chi connectivity index (χ4v) is 4.15. The zero-order valence-corrected chi connectivity index (χ0v) is 19.8. The maximum Gasteiger partial charge on any atom is 0.335 e. The van der Waals surface area contributed by atoms with Crippen LogP contribution in [-0.4, -0.2) is 30.1 Å². The van der Waals surface area contributed by atoms with Crippen molar-refractivity contribution in [3.05, 3.63) is 89.0 Å². The van der Waals surface area contributed by atoms with Crippen LogP contribution in [0.15, 0.2) is 66.7 Å². The Kier molecular flexibility index (Phi) is 8.55. The summed E-state index contributed by atoms with van der Waals surface area (Å²) in [5, 5.41) is 11.9. The van der Waals surface area contributed by atoms with Crippen LogP contribution in [0.4, 0.5) is 17.1 Å². The van der Waals surface area contributed by atoms with Crippen molar-refractivity contribution in [1.29, 1.82) is 0 Å². The third-order valence-corrected chi connectivity index (χ3v) is 6.12. The van der Waals surface area contributed by atoms with Crippen molar-refractivity contribution in [3.8, 4) is 0 Å². The highest BCUT2D eigenvalue weighted by atomic mass is 35.5. The average molecular weight is 480 g/mol. The standard InChI is InChI=1S/C27H29N3O3.ClH/c28-25-15-14-23(30-16-2-1-3-17-30)18-24(25)26(31)29-22-12-8-20(9-13-22)5-4-19-6-10-21(11-7-19)27(32)33;/h6-15,18H,1-5,16-17,28H2,(H,29,31)(H,32,33);1H. The van der Waals surface area contributed by atoms with Crippen molar-refractivity contribution >= 4 is 41.3 Å². The number of nitrogen functional groups attached to an aromatic ring is 1. The van der Waals surface area contributed by atoms with Crippen molar-refractivity contribution in [2.45, 2.75) is 32.1 Å². The molecule has 1 saturated heterocycles. The van der Waals surface area contributed by atoms with Crippen LogP contribution in [0.25, 0.3) is 0 Å². The molecule has 1 heterocycles. The maximum atomic E-state index is 12.9. The molecule has 6 nitrogen and oxygen atoms in total. The number of aromatic carboxylic acids is 1. The van der Waals surface area contributed by atoms with E-state index in [9.17, 15) is 9.59 Å². The summed E-state index contributed by atoms with van der Waals surface area (Å²) in [4.78, 5) is 26.2. The SMILES string of the molecule is Cl.Nc1ccc(N2CCCCC2)cc1C(=O)Nc1ccc(CCc2ccc(C(=O)O)cc2)cc1. The molecule has 0 radical (unpaired) electrons. The lowest BCUT2D eigenvalue weighted by Gasteiger charge is -2.29. The number of nitrogens with two attached hydrogens (primary N) is 1. The molecule has 1 aliphatic rings. The van der Waals surface area contributed by atoms with Crippen molar-refractivity contribution in [3.63, 3.8) is 0 Å². The van der Waals surface area contributed by atoms with Gasteiger partial charge in [-0.15, -0.1) is 12.4 Å². The normalized spacial score (nSPS) is 13.1. The summed E-state index contributed by atoms with van der Waals surface area (Å²) in [6.45, 7) is 2.02. The molecular formula is C27H30ClN3O3. The first-order valence-corrected chi connectivity index (χ1v) is 11.4. The third kappa shape index (κ3) is 6.29. The van der Waals surface area contributed by atoms with Crippen LogP contribution in [-0.2, 0) is 12.8 Å². The number of carbonyl (C=O) groups is 2. The van der Waals surface area contributed by atoms with Crippen molar-refractivity contribution in [2.24, 2.45) is 0 Å². The predicted molar refractivity (Wildman–Crippen MR) is 139 cm³/mol. The smallest absolute Gasteiger partial charge is 0.335 e. The van der Waals surface area contributed by atoms with Crippen LogP contribution in [0, 0.1) is 0 Å². The highest BCUT2D eigenvalue weighted by molar-refractivity contribution is 6.08. The quantitative estimate of drug-likeness (QED) is 0.393. The Hall–Kier alpha value is -3.51. The first-order chi connectivity index (χ1) is 16.0. The number of carbonyl (C=O) groups excluding carboxylic acids is 1. The van der Waals surface area contributed by atoms with E-state index in [4.69, 9.17) is 10.8 Å². The molecule has 7 heteroatoms. The van der Waals surface area contributed by atoms with Gasteiger partial charge in [-0.25, -0.2) is 4.79 Å². The number of halogens is 1. The molecule has 3 aromatic carbocycles. The fraction of sp³-hybridized carbons (Fsp3) is 0.259. The molecule has 3 aromatic rings. The van der Waals surface area contributed by atoms with E-state index in [1.54, 1.807) is 12.1 Å². The van der Waals surface area contributed by atoms with Crippen LogP contribution in [0.2, 0.25) is 0 Å². The molecule has 0 atom stereocenters. The molecule has 178 valence electrons. The second-order valence-electron chi connectivity index (χ2n) is 8.47. The minimum absolute atomic E-state index is 0. The molecule has 0 spiro atoms. The summed E-state index contributed by atoms with van der Waals surface area (Å²) in [6.07, 6.45) is 5.24. The van der Waals surface area contributed by atoms with Gasteiger partial charge in [0.15, 0.2) is 0 Å². The number of carboxylic acid groups (broad SMARTS) is 1. The molecular weight excluding hydrogens is 450 g/mol. The van der Waals surface area contributed by atoms with Gasteiger partial charge >= 0.3 is 5.97 Å². The number of nitrogens with one attached hydrogen (secondary N) is 1. The lowest BCUT2D eigenvalue weighted by atomic mass is 10.0. The number of amides is 1. The van der Waals surface area contributed by atoms with E-state index in [2.05, 4.69) is 10.2 Å². The van der Waals surface area contributed by atoms with E-state index >= 15 is 0 Å². The average Bonchev–Trinajstić information content (AvgIpc) is 2.84. The van der Waals surface area contributed by atoms with Gasteiger partial charge in [0.25, 0.3) is 5.91 Å². The highest BCUT2D eigenvalue weighted by Gasteiger charge is 2.16. The first kappa shape index (κ1) is 25.1. The van der Waals surface area contributed by atoms with Gasteiger partial charge in [0.2, 0.25) is 0 Å². The van der Waals surface area contributed by atoms with Crippen molar-refractivity contribution in [1.82, 2.24) is 0 Å². The minimum atomic E-state index is -0.917. The van der Waals surface area contributed by atoms with Gasteiger partial charge in [-0.3, -0.25) is 4.79 Å². The number of anilines is 3. The number of carboxylic acids is 1. The summed E-state index contributed by atoms with van der Waals surface area (Å²) < 4.78 is 0. The maximum absolute atomic E-state index is 12.9. The van der Waals surface area contributed by atoms with E-state index in [1.165, 1.54) is 19.3 Å². The van der Waals surface area contributed by atoms with Crippen LogP contribution in [0.5, 0.6) is 0 Å². The predicted octanol–water partition coefficient (Wildman–Crippen LogP) is 5.42. The number of hydrogen-bond acceptors (Lipinski definition) is 4. The molecule has 0 aromatic heterocycles. The Labute approximate surface area is 206 Å². The van der Waals surface area contributed by atoms with Crippen LogP contribution in [0.3, 0.4) is 0 Å². The minimum Gasteiger partial charge on any atom is -0.478 e. The van der Waals surface area contributed by atoms with Crippen molar-refractivity contribution in [2.75, 3.05) is 29.0 Å². The first-order valence-electron chi connectivity index (χ1n) is 11.4. The van der Waals surface area contributed by atoms with Crippen molar-refractivity contribution < 1.29 is 14.7 Å². The Morgan fingerprint density at radius 3 is 2.03 bits per heavy atom. The van der Waals surface area contributed by atoms with Gasteiger partial charge in [0, 0.05) is 30.2 Å². The van der Waals surface area contributed by atoms with Gasteiger partial charge in [0.1, 0.15) is 0 Å². The fourth-order valence-electron chi connectivity index (χ4n) is 4.15. The summed E-state index contributed by atoms with van der Waals surface area (Å²) in [5.74, 6) is -1.13. The molecule has 1 aliphatic heterocycles. The van der Waals surface area contributed by atoms with E-state index < -0.39 is 5.97 Å². The van der Waals surface area contributed by atoms with Crippen LogP contribution in [0.1, 0.15) is 51.1 Å². The summed E-state index contributed by atoms with van der Waals surface area (Å²) in [7, 11) is 0. The molecule has 1 fully saturated rings. The molecule has 34 heavy (non-hydrogen) atoms. The van der Waals surface area contributed by atoms with Gasteiger partial charge in [-0.1, -0.05) is 24.3 Å². The van der Waals surface area contributed by atoms with E-state index in [0.29, 0.717) is 16.8 Å². The van der Waals surface area contributed by atoms with E-state index in [1.807, 2.05) is 54.6 Å². The molecule has 4 rings (SSSR count). The highest BCUT2D eigenvalue weighted by Crippen LogP contribution is 2.25. The topological polar surface area (TPSA) is 95.7 Å². The number of piperidine rings is 1. The lowest BCUT2D eigenvalue weighted by Crippen LogP contribution is -2.29. The number of benzene rings is 3. The largest absolute Gasteiger partial charge is 0.478 e.